The quantitative estimate of drug-likeness (QED) is 0.169. The summed E-state index contributed by atoms with van der Waals surface area (Å²) in [6.45, 7) is 14.4. The Hall–Kier alpha value is -5.96. The number of rotatable bonds is 3. The Bertz CT molecular complexity index is 3480. The molecule has 3 heterocycles. The van der Waals surface area contributed by atoms with Crippen LogP contribution in [-0.4, -0.2) is 4.40 Å². The summed E-state index contributed by atoms with van der Waals surface area (Å²) in [5, 5.41) is 13.5. The van der Waals surface area contributed by atoms with E-state index in [1.54, 1.807) is 4.88 Å². The van der Waals surface area contributed by atoms with E-state index < -0.39 is 0 Å². The highest BCUT2D eigenvalue weighted by molar-refractivity contribution is 7.14. The maximum atomic E-state index is 2.57. The first-order chi connectivity index (χ1) is 28.2. The molecule has 2 aliphatic carbocycles. The topological polar surface area (TPSA) is 4.41 Å². The zero-order valence-corrected chi connectivity index (χ0v) is 34.6. The minimum atomic E-state index is 0.300. The lowest BCUT2D eigenvalue weighted by atomic mass is 9.73. The molecule has 0 saturated heterocycles. The zero-order valence-electron chi connectivity index (χ0n) is 33.8. The van der Waals surface area contributed by atoms with E-state index in [0.717, 1.165) is 0 Å². The number of nitrogens with zero attached hydrogens (tertiary/aromatic N) is 1. The first kappa shape index (κ1) is 33.1. The SMILES string of the molecule is CC(C)c1cccc2c1-c1ccc3c4c(sc(c14)C2C)C(C)c1cc(-c2cc4c5cc6ccccc6cc5n5c6cc7ccccc7cc6c(c2)c45)cc(C(C)C)c1-3. The zero-order chi connectivity index (χ0) is 38.9. The van der Waals surface area contributed by atoms with Crippen LogP contribution in [0.15, 0.2) is 127 Å². The number of hydrogen-bond acceptors (Lipinski definition) is 1. The van der Waals surface area contributed by atoms with Crippen LogP contribution in [0.3, 0.4) is 0 Å². The van der Waals surface area contributed by atoms with E-state index in [9.17, 15) is 0 Å². The van der Waals surface area contributed by atoms with Gasteiger partial charge < -0.3 is 4.40 Å². The van der Waals surface area contributed by atoms with Gasteiger partial charge >= 0.3 is 0 Å². The number of fused-ring (bicyclic) bond motifs is 12. The molecule has 0 fully saturated rings. The van der Waals surface area contributed by atoms with E-state index in [-0.39, 0.29) is 0 Å². The van der Waals surface area contributed by atoms with Crippen LogP contribution in [0.4, 0.5) is 0 Å². The Balaban J connectivity index is 1.09. The van der Waals surface area contributed by atoms with E-state index in [1.807, 2.05) is 0 Å². The maximum Gasteiger partial charge on any atom is 0.0620 e. The van der Waals surface area contributed by atoms with Crippen molar-refractivity contribution in [3.05, 3.63) is 159 Å². The first-order valence-corrected chi connectivity index (χ1v) is 22.0. The predicted molar refractivity (Wildman–Crippen MR) is 251 cm³/mol. The molecule has 2 atom stereocenters. The Labute approximate surface area is 342 Å². The Morgan fingerprint density at radius 3 is 1.52 bits per heavy atom. The molecule has 0 saturated carbocycles. The van der Waals surface area contributed by atoms with Gasteiger partial charge in [-0.25, -0.2) is 0 Å². The standard InChI is InChI=1S/C56H43NS/c1-28(2)38-16-11-17-39-30(5)55-52-40(50(38)39)18-19-41-51-42(29(3)4)22-36(23-43(51)31(6)56(58-55)53(41)52)37-24-46-44-20-32-12-7-9-14-34(32)26-48(44)57-49-27-35-15-10-8-13-33(35)21-45(49)47(25-37)54(46)57/h7-31H,1-6H3. The largest absolute Gasteiger partial charge is 0.308 e. The number of aromatic nitrogens is 1. The fourth-order valence-corrected chi connectivity index (χ4v) is 12.9. The second kappa shape index (κ2) is 11.4. The third kappa shape index (κ3) is 4.11. The van der Waals surface area contributed by atoms with Crippen LogP contribution in [-0.2, 0) is 0 Å². The molecular weight excluding hydrogens is 719 g/mol. The molecular formula is C56H43NS. The molecule has 2 heteroatoms. The molecule has 0 aliphatic heterocycles. The summed E-state index contributed by atoms with van der Waals surface area (Å²) in [6.07, 6.45) is 0. The highest BCUT2D eigenvalue weighted by atomic mass is 32.1. The van der Waals surface area contributed by atoms with Crippen LogP contribution in [0.5, 0.6) is 0 Å². The van der Waals surface area contributed by atoms with Gasteiger partial charge in [0.1, 0.15) is 0 Å². The van der Waals surface area contributed by atoms with Crippen molar-refractivity contribution in [3.63, 3.8) is 0 Å². The average Bonchev–Trinajstić information content (AvgIpc) is 3.90. The summed E-state index contributed by atoms with van der Waals surface area (Å²) in [7, 11) is 0. The van der Waals surface area contributed by atoms with Crippen molar-refractivity contribution in [2.75, 3.05) is 0 Å². The highest BCUT2D eigenvalue weighted by Gasteiger charge is 2.36. The first-order valence-electron chi connectivity index (χ1n) is 21.2. The van der Waals surface area contributed by atoms with Crippen molar-refractivity contribution in [2.45, 2.75) is 65.2 Å². The average molecular weight is 762 g/mol. The van der Waals surface area contributed by atoms with Crippen LogP contribution in [0.2, 0.25) is 0 Å². The molecule has 3 aromatic heterocycles. The monoisotopic (exact) mass is 761 g/mol. The Morgan fingerprint density at radius 1 is 0.466 bits per heavy atom. The van der Waals surface area contributed by atoms with Gasteiger partial charge in [0.15, 0.2) is 0 Å². The fraction of sp³-hybridized carbons (Fsp3) is 0.179. The molecule has 13 rings (SSSR count). The van der Waals surface area contributed by atoms with Crippen molar-refractivity contribution in [1.82, 2.24) is 4.40 Å². The summed E-state index contributed by atoms with van der Waals surface area (Å²) >= 11 is 2.09. The van der Waals surface area contributed by atoms with E-state index in [1.165, 1.54) is 131 Å². The third-order valence-corrected chi connectivity index (χ3v) is 15.8. The number of benzene rings is 8. The molecule has 11 aromatic rings. The van der Waals surface area contributed by atoms with E-state index in [2.05, 4.69) is 185 Å². The summed E-state index contributed by atoms with van der Waals surface area (Å²) in [6, 6.07) is 49.5. The molecule has 0 bridgehead atoms. The van der Waals surface area contributed by atoms with Gasteiger partial charge in [0, 0.05) is 53.9 Å². The summed E-state index contributed by atoms with van der Waals surface area (Å²) in [5.41, 5.74) is 18.2. The van der Waals surface area contributed by atoms with Gasteiger partial charge in [-0.15, -0.1) is 11.3 Å². The van der Waals surface area contributed by atoms with Crippen molar-refractivity contribution in [3.8, 4) is 33.4 Å². The minimum Gasteiger partial charge on any atom is -0.308 e. The van der Waals surface area contributed by atoms with Crippen molar-refractivity contribution in [2.24, 2.45) is 0 Å². The predicted octanol–water partition coefficient (Wildman–Crippen LogP) is 16.5. The maximum absolute atomic E-state index is 2.57. The van der Waals surface area contributed by atoms with Crippen molar-refractivity contribution < 1.29 is 0 Å². The summed E-state index contributed by atoms with van der Waals surface area (Å²) in [4.78, 5) is 3.08. The summed E-state index contributed by atoms with van der Waals surface area (Å²) < 4.78 is 2.55. The van der Waals surface area contributed by atoms with Crippen LogP contribution in [0.1, 0.15) is 97.2 Å². The highest BCUT2D eigenvalue weighted by Crippen LogP contribution is 2.59. The minimum absolute atomic E-state index is 0.300. The molecule has 58 heavy (non-hydrogen) atoms. The second-order valence-electron chi connectivity index (χ2n) is 18.0. The molecule has 0 amide bonds. The molecule has 0 spiro atoms. The molecule has 0 radical (unpaired) electrons. The summed E-state index contributed by atoms with van der Waals surface area (Å²) in [5.74, 6) is 1.52. The smallest absolute Gasteiger partial charge is 0.0620 e. The van der Waals surface area contributed by atoms with Crippen LogP contribution >= 0.6 is 11.3 Å². The van der Waals surface area contributed by atoms with Gasteiger partial charge in [-0.05, 0) is 131 Å². The lowest BCUT2D eigenvalue weighted by Crippen LogP contribution is -2.09. The van der Waals surface area contributed by atoms with Crippen LogP contribution in [0, 0.1) is 0 Å². The van der Waals surface area contributed by atoms with Gasteiger partial charge in [-0.3, -0.25) is 0 Å². The molecule has 1 nitrogen and oxygen atoms in total. The van der Waals surface area contributed by atoms with Crippen LogP contribution < -0.4 is 0 Å². The molecule has 2 aliphatic rings. The van der Waals surface area contributed by atoms with Crippen LogP contribution in [0.25, 0.3) is 104 Å². The van der Waals surface area contributed by atoms with E-state index >= 15 is 0 Å². The molecule has 278 valence electrons. The van der Waals surface area contributed by atoms with E-state index in [4.69, 9.17) is 0 Å². The Morgan fingerprint density at radius 2 is 0.966 bits per heavy atom. The third-order valence-electron chi connectivity index (χ3n) is 14.2. The molecule has 8 aromatic carbocycles. The van der Waals surface area contributed by atoms with Crippen molar-refractivity contribution in [1.29, 1.82) is 0 Å². The van der Waals surface area contributed by atoms with Gasteiger partial charge in [0.05, 0.1) is 16.6 Å². The normalized spacial score (nSPS) is 16.1. The van der Waals surface area contributed by atoms with E-state index in [0.29, 0.717) is 23.7 Å². The van der Waals surface area contributed by atoms with Crippen molar-refractivity contribution >= 4 is 81.7 Å². The van der Waals surface area contributed by atoms with Gasteiger partial charge in [0.25, 0.3) is 0 Å². The lowest BCUT2D eigenvalue weighted by Gasteiger charge is -2.30. The lowest BCUT2D eigenvalue weighted by molar-refractivity contribution is 0.856. The molecule has 2 unspecified atom stereocenters. The number of thiophene rings is 1. The number of hydrogen-bond donors (Lipinski definition) is 0. The van der Waals surface area contributed by atoms with Gasteiger partial charge in [-0.1, -0.05) is 126 Å². The Kier molecular flexibility index (Phi) is 6.48. The second-order valence-corrected chi connectivity index (χ2v) is 19.1. The fourth-order valence-electron chi connectivity index (χ4n) is 11.4. The van der Waals surface area contributed by atoms with Gasteiger partial charge in [-0.2, -0.15) is 0 Å². The van der Waals surface area contributed by atoms with Gasteiger partial charge in [0.2, 0.25) is 0 Å². The molecule has 0 N–H and O–H groups in total.